The lowest BCUT2D eigenvalue weighted by atomic mass is 9.96. The van der Waals surface area contributed by atoms with Crippen LogP contribution in [-0.2, 0) is 20.9 Å². The van der Waals surface area contributed by atoms with E-state index < -0.39 is 23.8 Å². The van der Waals surface area contributed by atoms with Crippen LogP contribution in [0.4, 0.5) is 4.79 Å². The Kier molecular flexibility index (Phi) is 9.29. The molecule has 0 spiro atoms. The van der Waals surface area contributed by atoms with Crippen molar-refractivity contribution in [2.75, 3.05) is 5.75 Å². The van der Waals surface area contributed by atoms with Gasteiger partial charge in [-0.15, -0.1) is 0 Å². The van der Waals surface area contributed by atoms with Crippen molar-refractivity contribution in [1.82, 2.24) is 15.5 Å². The number of hydrogen-bond donors (Lipinski definition) is 3. The maximum absolute atomic E-state index is 14.0. The van der Waals surface area contributed by atoms with Gasteiger partial charge in [-0.05, 0) is 63.6 Å². The van der Waals surface area contributed by atoms with Crippen molar-refractivity contribution in [2.45, 2.75) is 78.2 Å². The molecule has 3 amide bonds. The number of amides is 3. The van der Waals surface area contributed by atoms with Gasteiger partial charge in [-0.1, -0.05) is 61.0 Å². The van der Waals surface area contributed by atoms with Crippen molar-refractivity contribution >= 4 is 30.5 Å². The average Bonchev–Trinajstić information content (AvgIpc) is 3.55. The number of benzene rings is 2. The van der Waals surface area contributed by atoms with Gasteiger partial charge in [0.1, 0.15) is 17.7 Å². The summed E-state index contributed by atoms with van der Waals surface area (Å²) in [7, 11) is 0. The van der Waals surface area contributed by atoms with Gasteiger partial charge in [-0.2, -0.15) is 12.6 Å². The first-order chi connectivity index (χ1) is 17.4. The van der Waals surface area contributed by atoms with Crippen LogP contribution in [0, 0.1) is 19.8 Å². The number of ether oxygens (including phenoxy) is 1. The maximum Gasteiger partial charge on any atom is 0.408 e. The summed E-state index contributed by atoms with van der Waals surface area (Å²) in [5, 5.41) is 5.71. The van der Waals surface area contributed by atoms with Crippen molar-refractivity contribution < 1.29 is 19.1 Å². The minimum atomic E-state index is -0.944. The fourth-order valence-corrected chi connectivity index (χ4v) is 4.59. The average molecular weight is 526 g/mol. The predicted molar refractivity (Wildman–Crippen MR) is 148 cm³/mol. The zero-order valence-corrected chi connectivity index (χ0v) is 23.5. The highest BCUT2D eigenvalue weighted by Gasteiger charge is 2.48. The lowest BCUT2D eigenvalue weighted by Gasteiger charge is -2.35. The summed E-state index contributed by atoms with van der Waals surface area (Å²) >= 11 is 4.36. The number of alkyl carbamates (subject to hydrolysis) is 1. The number of hydrogen-bond acceptors (Lipinski definition) is 5. The molecule has 0 aliphatic heterocycles. The third kappa shape index (κ3) is 7.74. The Hall–Kier alpha value is -3.00. The quantitative estimate of drug-likeness (QED) is 0.414. The molecule has 1 saturated carbocycles. The molecule has 0 bridgehead atoms. The van der Waals surface area contributed by atoms with E-state index in [1.54, 1.807) is 25.7 Å². The molecule has 0 radical (unpaired) electrons. The lowest BCUT2D eigenvalue weighted by molar-refractivity contribution is -0.143. The van der Waals surface area contributed by atoms with Gasteiger partial charge in [-0.3, -0.25) is 9.59 Å². The topological polar surface area (TPSA) is 87.7 Å². The number of carbonyl (C=O) groups is 3. The van der Waals surface area contributed by atoms with Gasteiger partial charge in [0.15, 0.2) is 0 Å². The largest absolute Gasteiger partial charge is 0.444 e. The summed E-state index contributed by atoms with van der Waals surface area (Å²) < 4.78 is 5.38. The second-order valence-electron chi connectivity index (χ2n) is 10.9. The zero-order valence-electron chi connectivity index (χ0n) is 22.6. The van der Waals surface area contributed by atoms with Crippen molar-refractivity contribution in [3.63, 3.8) is 0 Å². The van der Waals surface area contributed by atoms with Crippen LogP contribution in [0.1, 0.15) is 62.4 Å². The lowest BCUT2D eigenvalue weighted by Crippen LogP contribution is -2.54. The van der Waals surface area contributed by atoms with Crippen LogP contribution in [0.15, 0.2) is 48.5 Å². The predicted octanol–water partition coefficient (Wildman–Crippen LogP) is 4.72. The molecule has 0 saturated heterocycles. The number of nitrogens with zero attached hydrogens (tertiary/aromatic N) is 1. The summed E-state index contributed by atoms with van der Waals surface area (Å²) in [6, 6.07) is 13.7. The summed E-state index contributed by atoms with van der Waals surface area (Å²) in [6.45, 7) is 11.6. The van der Waals surface area contributed by atoms with Gasteiger partial charge in [0.05, 0.1) is 0 Å². The third-order valence-corrected chi connectivity index (χ3v) is 6.78. The van der Waals surface area contributed by atoms with E-state index in [1.165, 1.54) is 0 Å². The molecule has 200 valence electrons. The fourth-order valence-electron chi connectivity index (χ4n) is 4.34. The van der Waals surface area contributed by atoms with Crippen LogP contribution in [0.25, 0.3) is 0 Å². The van der Waals surface area contributed by atoms with Crippen molar-refractivity contribution in [2.24, 2.45) is 5.92 Å². The van der Waals surface area contributed by atoms with Gasteiger partial charge in [0.2, 0.25) is 11.8 Å². The highest BCUT2D eigenvalue weighted by atomic mass is 32.1. The second-order valence-corrected chi connectivity index (χ2v) is 11.2. The second kappa shape index (κ2) is 12.0. The van der Waals surface area contributed by atoms with Gasteiger partial charge in [0.25, 0.3) is 0 Å². The van der Waals surface area contributed by atoms with E-state index in [0.29, 0.717) is 6.54 Å². The van der Waals surface area contributed by atoms with Crippen LogP contribution in [0.5, 0.6) is 0 Å². The molecule has 1 aliphatic carbocycles. The number of rotatable bonds is 9. The van der Waals surface area contributed by atoms with Crippen molar-refractivity contribution in [3.05, 3.63) is 70.8 Å². The molecule has 3 rings (SSSR count). The van der Waals surface area contributed by atoms with Crippen LogP contribution in [0.2, 0.25) is 0 Å². The van der Waals surface area contributed by atoms with E-state index in [4.69, 9.17) is 4.74 Å². The molecule has 37 heavy (non-hydrogen) atoms. The Morgan fingerprint density at radius 1 is 1.11 bits per heavy atom. The molecule has 0 aromatic heterocycles. The van der Waals surface area contributed by atoms with Crippen LogP contribution in [-0.4, -0.2) is 46.2 Å². The fraction of sp³-hybridized carbons (Fsp3) is 0.483. The Morgan fingerprint density at radius 2 is 1.76 bits per heavy atom. The smallest absolute Gasteiger partial charge is 0.408 e. The number of nitrogens with one attached hydrogen (secondary N) is 2. The molecule has 4 atom stereocenters. The molecule has 8 heteroatoms. The Labute approximate surface area is 225 Å². The Bertz CT molecular complexity index is 1120. The van der Waals surface area contributed by atoms with E-state index >= 15 is 0 Å². The zero-order chi connectivity index (χ0) is 27.3. The Morgan fingerprint density at radius 3 is 2.32 bits per heavy atom. The van der Waals surface area contributed by atoms with Gasteiger partial charge in [-0.25, -0.2) is 4.79 Å². The Balaban J connectivity index is 1.97. The molecule has 1 fully saturated rings. The number of carbonyl (C=O) groups excluding carboxylic acids is 3. The van der Waals surface area contributed by atoms with E-state index in [2.05, 4.69) is 30.2 Å². The monoisotopic (exact) mass is 525 g/mol. The van der Waals surface area contributed by atoms with Crippen LogP contribution < -0.4 is 10.6 Å². The standard InChI is InChI=1S/C29H39N3O4S/c1-18-12-13-19(2)22(14-18)25(26(33)30-16-21-10-8-7-9-11-21)32(24-15-20(24)3)27(34)23(17-37)31-28(35)36-29(4,5)6/h7-14,20,23-25,37H,15-17H2,1-6H3,(H,30,33)(H,31,35). The maximum atomic E-state index is 14.0. The van der Waals surface area contributed by atoms with E-state index in [0.717, 1.165) is 28.7 Å². The highest BCUT2D eigenvalue weighted by molar-refractivity contribution is 7.80. The van der Waals surface area contributed by atoms with Crippen molar-refractivity contribution in [1.29, 1.82) is 0 Å². The minimum Gasteiger partial charge on any atom is -0.444 e. The van der Waals surface area contributed by atoms with E-state index in [-0.39, 0.29) is 29.5 Å². The SMILES string of the molecule is Cc1ccc(C)c(C(C(=O)NCc2ccccc2)N(C(=O)C(CS)NC(=O)OC(C)(C)C)C2CC2C)c1. The van der Waals surface area contributed by atoms with Gasteiger partial charge < -0.3 is 20.3 Å². The summed E-state index contributed by atoms with van der Waals surface area (Å²) in [6.07, 6.45) is 0.0886. The summed E-state index contributed by atoms with van der Waals surface area (Å²) in [5.74, 6) is -0.308. The highest BCUT2D eigenvalue weighted by Crippen LogP contribution is 2.41. The molecule has 7 nitrogen and oxygen atoms in total. The molecule has 1 aliphatic rings. The van der Waals surface area contributed by atoms with E-state index in [9.17, 15) is 14.4 Å². The molecule has 0 heterocycles. The first kappa shape index (κ1) is 28.6. The van der Waals surface area contributed by atoms with Crippen LogP contribution in [0.3, 0.4) is 0 Å². The van der Waals surface area contributed by atoms with Gasteiger partial charge >= 0.3 is 6.09 Å². The van der Waals surface area contributed by atoms with Crippen molar-refractivity contribution in [3.8, 4) is 0 Å². The molecule has 2 N–H and O–H groups in total. The van der Waals surface area contributed by atoms with E-state index in [1.807, 2.05) is 62.4 Å². The molecule has 2 aromatic rings. The molecule has 4 unspecified atom stereocenters. The van der Waals surface area contributed by atoms with Crippen LogP contribution >= 0.6 is 12.6 Å². The number of aryl methyl sites for hydroxylation is 2. The van der Waals surface area contributed by atoms with Gasteiger partial charge in [0, 0.05) is 18.3 Å². The first-order valence-corrected chi connectivity index (χ1v) is 13.4. The number of thiol groups is 1. The first-order valence-electron chi connectivity index (χ1n) is 12.7. The summed E-state index contributed by atoms with van der Waals surface area (Å²) in [4.78, 5) is 42.0. The summed E-state index contributed by atoms with van der Waals surface area (Å²) in [5.41, 5.74) is 2.94. The minimum absolute atomic E-state index is 0.0703. The molecule has 2 aromatic carbocycles. The molecular formula is C29H39N3O4S. The third-order valence-electron chi connectivity index (χ3n) is 6.42. The normalized spacial score (nSPS) is 18.4. The molecular weight excluding hydrogens is 486 g/mol.